The maximum Gasteiger partial charge on any atom is 0.252 e. The SMILES string of the molecule is NC(=O)c1c(NC(=O)CSc2ncccn2)sc2c1CCc1ccccc1-2. The van der Waals surface area contributed by atoms with Crippen LogP contribution in [0.15, 0.2) is 47.9 Å². The molecule has 3 aromatic rings. The van der Waals surface area contributed by atoms with E-state index in [-0.39, 0.29) is 11.7 Å². The Balaban J connectivity index is 1.59. The van der Waals surface area contributed by atoms with E-state index < -0.39 is 5.91 Å². The van der Waals surface area contributed by atoms with E-state index in [4.69, 9.17) is 5.73 Å². The highest BCUT2D eigenvalue weighted by atomic mass is 32.2. The van der Waals surface area contributed by atoms with Gasteiger partial charge < -0.3 is 11.1 Å². The zero-order valence-corrected chi connectivity index (χ0v) is 15.9. The molecule has 0 spiro atoms. The van der Waals surface area contributed by atoms with E-state index in [1.54, 1.807) is 18.5 Å². The summed E-state index contributed by atoms with van der Waals surface area (Å²) >= 11 is 2.65. The Kier molecular flexibility index (Phi) is 4.91. The van der Waals surface area contributed by atoms with Crippen molar-refractivity contribution in [1.29, 1.82) is 0 Å². The third-order valence-corrected chi connectivity index (χ3v) is 6.34. The molecule has 2 aromatic heterocycles. The first kappa shape index (κ1) is 17.7. The molecule has 2 amide bonds. The molecule has 1 aliphatic carbocycles. The highest BCUT2D eigenvalue weighted by molar-refractivity contribution is 7.99. The average Bonchev–Trinajstić information content (AvgIpc) is 3.05. The molecule has 4 rings (SSSR count). The quantitative estimate of drug-likeness (QED) is 0.510. The maximum atomic E-state index is 12.4. The number of benzene rings is 1. The fourth-order valence-electron chi connectivity index (χ4n) is 3.14. The number of thiophene rings is 1. The maximum absolute atomic E-state index is 12.4. The van der Waals surface area contributed by atoms with Crippen LogP contribution >= 0.6 is 23.1 Å². The number of nitrogens with one attached hydrogen (secondary N) is 1. The van der Waals surface area contributed by atoms with Gasteiger partial charge in [-0.2, -0.15) is 0 Å². The largest absolute Gasteiger partial charge is 0.365 e. The number of amides is 2. The van der Waals surface area contributed by atoms with Crippen LogP contribution in [0.3, 0.4) is 0 Å². The number of carbonyl (C=O) groups excluding carboxylic acids is 2. The fourth-order valence-corrected chi connectivity index (χ4v) is 5.08. The van der Waals surface area contributed by atoms with Crippen LogP contribution in [0, 0.1) is 0 Å². The summed E-state index contributed by atoms with van der Waals surface area (Å²) in [7, 11) is 0. The van der Waals surface area contributed by atoms with Crippen LogP contribution in [0.2, 0.25) is 0 Å². The molecule has 3 N–H and O–H groups in total. The minimum Gasteiger partial charge on any atom is -0.365 e. The van der Waals surface area contributed by atoms with Crippen LogP contribution in [0.4, 0.5) is 5.00 Å². The molecule has 8 heteroatoms. The van der Waals surface area contributed by atoms with Crippen molar-refractivity contribution in [3.8, 4) is 10.4 Å². The summed E-state index contributed by atoms with van der Waals surface area (Å²) in [5.74, 6) is -0.579. The highest BCUT2D eigenvalue weighted by Crippen LogP contribution is 2.44. The number of primary amides is 1. The Bertz CT molecular complexity index is 1020. The molecule has 1 aromatic carbocycles. The second-order valence-corrected chi connectivity index (χ2v) is 7.97. The van der Waals surface area contributed by atoms with Crippen molar-refractivity contribution in [2.24, 2.45) is 5.73 Å². The minimum absolute atomic E-state index is 0.154. The molecule has 0 fully saturated rings. The lowest BCUT2D eigenvalue weighted by molar-refractivity contribution is -0.113. The van der Waals surface area contributed by atoms with Gasteiger partial charge in [0.25, 0.3) is 5.91 Å². The lowest BCUT2D eigenvalue weighted by atomic mass is 9.89. The highest BCUT2D eigenvalue weighted by Gasteiger charge is 2.27. The summed E-state index contributed by atoms with van der Waals surface area (Å²) in [5.41, 5.74) is 9.35. The molecule has 0 aliphatic heterocycles. The first-order valence-corrected chi connectivity index (χ1v) is 10.2. The molecule has 2 heterocycles. The van der Waals surface area contributed by atoms with Gasteiger partial charge in [0.2, 0.25) is 5.91 Å². The van der Waals surface area contributed by atoms with Crippen LogP contribution in [0.5, 0.6) is 0 Å². The number of nitrogens with zero attached hydrogens (tertiary/aromatic N) is 2. The summed E-state index contributed by atoms with van der Waals surface area (Å²) in [6.07, 6.45) is 4.85. The van der Waals surface area contributed by atoms with Gasteiger partial charge in [-0.05, 0) is 35.6 Å². The number of anilines is 1. The number of rotatable bonds is 5. The van der Waals surface area contributed by atoms with Crippen LogP contribution in [-0.4, -0.2) is 27.5 Å². The van der Waals surface area contributed by atoms with Crippen LogP contribution in [-0.2, 0) is 17.6 Å². The van der Waals surface area contributed by atoms with Gasteiger partial charge in [0.1, 0.15) is 5.00 Å². The lowest BCUT2D eigenvalue weighted by Crippen LogP contribution is -2.19. The van der Waals surface area contributed by atoms with E-state index in [1.165, 1.54) is 28.7 Å². The molecule has 0 saturated heterocycles. The van der Waals surface area contributed by atoms with Crippen LogP contribution < -0.4 is 11.1 Å². The average molecular weight is 396 g/mol. The number of hydrogen-bond donors (Lipinski definition) is 2. The number of carbonyl (C=O) groups is 2. The monoisotopic (exact) mass is 396 g/mol. The Labute approximate surface area is 164 Å². The van der Waals surface area contributed by atoms with Gasteiger partial charge in [-0.15, -0.1) is 11.3 Å². The van der Waals surface area contributed by atoms with Crippen molar-refractivity contribution in [2.75, 3.05) is 11.1 Å². The summed E-state index contributed by atoms with van der Waals surface area (Å²) in [6.45, 7) is 0. The zero-order chi connectivity index (χ0) is 18.8. The third-order valence-electron chi connectivity index (χ3n) is 4.29. The molecule has 27 heavy (non-hydrogen) atoms. The Morgan fingerprint density at radius 2 is 1.93 bits per heavy atom. The van der Waals surface area contributed by atoms with E-state index in [0.717, 1.165) is 28.8 Å². The second kappa shape index (κ2) is 7.50. The summed E-state index contributed by atoms with van der Waals surface area (Å²) in [5, 5.41) is 3.90. The Morgan fingerprint density at radius 3 is 2.70 bits per heavy atom. The van der Waals surface area contributed by atoms with E-state index in [1.807, 2.05) is 18.2 Å². The van der Waals surface area contributed by atoms with Crippen molar-refractivity contribution in [2.45, 2.75) is 18.0 Å². The van der Waals surface area contributed by atoms with E-state index in [9.17, 15) is 9.59 Å². The molecule has 0 bridgehead atoms. The molecular formula is C19H16N4O2S2. The molecule has 1 aliphatic rings. The predicted molar refractivity (Wildman–Crippen MR) is 107 cm³/mol. The third kappa shape index (κ3) is 3.58. The van der Waals surface area contributed by atoms with Crippen molar-refractivity contribution in [3.63, 3.8) is 0 Å². The first-order chi connectivity index (χ1) is 13.1. The normalized spacial score (nSPS) is 12.1. The van der Waals surface area contributed by atoms with Crippen LogP contribution in [0.25, 0.3) is 10.4 Å². The van der Waals surface area contributed by atoms with Gasteiger partial charge in [0, 0.05) is 17.3 Å². The number of hydrogen-bond acceptors (Lipinski definition) is 6. The van der Waals surface area contributed by atoms with Gasteiger partial charge in [-0.3, -0.25) is 9.59 Å². The van der Waals surface area contributed by atoms with Crippen molar-refractivity contribution in [1.82, 2.24) is 9.97 Å². The molecule has 0 saturated carbocycles. The minimum atomic E-state index is -0.513. The number of aryl methyl sites for hydroxylation is 1. The predicted octanol–water partition coefficient (Wildman–Crippen LogP) is 3.13. The van der Waals surface area contributed by atoms with Crippen LogP contribution in [0.1, 0.15) is 21.5 Å². The number of aromatic nitrogens is 2. The zero-order valence-electron chi connectivity index (χ0n) is 14.3. The number of nitrogens with two attached hydrogens (primary N) is 1. The topological polar surface area (TPSA) is 98.0 Å². The van der Waals surface area contributed by atoms with E-state index in [0.29, 0.717) is 15.7 Å². The molecular weight excluding hydrogens is 380 g/mol. The molecule has 0 radical (unpaired) electrons. The summed E-state index contributed by atoms with van der Waals surface area (Å²) in [6, 6.07) is 9.85. The Morgan fingerprint density at radius 1 is 1.15 bits per heavy atom. The number of fused-ring (bicyclic) bond motifs is 3. The second-order valence-electron chi connectivity index (χ2n) is 6.00. The Hall–Kier alpha value is -2.71. The standard InChI is InChI=1S/C19H16N4O2S2/c20-17(25)15-13-7-6-11-4-1-2-5-12(11)16(13)27-18(15)23-14(24)10-26-19-21-8-3-9-22-19/h1-5,8-9H,6-7,10H2,(H2,20,25)(H,23,24). The van der Waals surface area contributed by atoms with Gasteiger partial charge >= 0.3 is 0 Å². The lowest BCUT2D eigenvalue weighted by Gasteiger charge is -2.16. The molecule has 6 nitrogen and oxygen atoms in total. The van der Waals surface area contributed by atoms with Crippen molar-refractivity contribution < 1.29 is 9.59 Å². The van der Waals surface area contributed by atoms with Crippen molar-refractivity contribution >= 4 is 39.9 Å². The number of thioether (sulfide) groups is 1. The van der Waals surface area contributed by atoms with Gasteiger partial charge in [-0.25, -0.2) is 9.97 Å². The first-order valence-electron chi connectivity index (χ1n) is 8.37. The molecule has 0 unspecified atom stereocenters. The smallest absolute Gasteiger partial charge is 0.252 e. The van der Waals surface area contributed by atoms with Gasteiger partial charge in [0.05, 0.1) is 11.3 Å². The molecule has 136 valence electrons. The van der Waals surface area contributed by atoms with Crippen molar-refractivity contribution in [3.05, 3.63) is 59.4 Å². The molecule has 0 atom stereocenters. The summed E-state index contributed by atoms with van der Waals surface area (Å²) < 4.78 is 0. The van der Waals surface area contributed by atoms with E-state index in [2.05, 4.69) is 21.4 Å². The fraction of sp³-hybridized carbons (Fsp3) is 0.158. The van der Waals surface area contributed by atoms with E-state index >= 15 is 0 Å². The van der Waals surface area contributed by atoms with Gasteiger partial charge in [0.15, 0.2) is 5.16 Å². The van der Waals surface area contributed by atoms with Gasteiger partial charge in [-0.1, -0.05) is 36.0 Å². The summed E-state index contributed by atoms with van der Waals surface area (Å²) in [4.78, 5) is 33.6.